The predicted molar refractivity (Wildman–Crippen MR) is 62.7 cm³/mol. The molecule has 2 nitrogen and oxygen atoms in total. The van der Waals surface area contributed by atoms with Crippen molar-refractivity contribution in [3.05, 3.63) is 36.0 Å². The third-order valence-electron chi connectivity index (χ3n) is 3.46. The monoisotopic (exact) mass is 200 g/mol. The molecule has 2 aromatic rings. The second-order valence-corrected chi connectivity index (χ2v) is 4.66. The molecule has 0 bridgehead atoms. The Morgan fingerprint density at radius 3 is 2.87 bits per heavy atom. The van der Waals surface area contributed by atoms with Crippen LogP contribution >= 0.6 is 0 Å². The second kappa shape index (κ2) is 3.38. The van der Waals surface area contributed by atoms with Crippen LogP contribution < -0.4 is 5.73 Å². The number of H-pyrrole nitrogens is 1. The third kappa shape index (κ3) is 1.55. The van der Waals surface area contributed by atoms with Crippen LogP contribution in [0.2, 0.25) is 0 Å². The van der Waals surface area contributed by atoms with Crippen molar-refractivity contribution in [3.63, 3.8) is 0 Å². The zero-order valence-electron chi connectivity index (χ0n) is 8.74. The van der Waals surface area contributed by atoms with E-state index in [1.807, 2.05) is 0 Å². The lowest BCUT2D eigenvalue weighted by atomic mass is 9.77. The van der Waals surface area contributed by atoms with Gasteiger partial charge in [-0.25, -0.2) is 0 Å². The van der Waals surface area contributed by atoms with Crippen molar-refractivity contribution in [2.45, 2.75) is 25.3 Å². The molecule has 0 amide bonds. The van der Waals surface area contributed by atoms with E-state index in [9.17, 15) is 0 Å². The first-order valence-corrected chi connectivity index (χ1v) is 5.63. The average Bonchev–Trinajstić information content (AvgIpc) is 2.60. The molecule has 78 valence electrons. The molecule has 1 aliphatic carbocycles. The van der Waals surface area contributed by atoms with Crippen molar-refractivity contribution < 1.29 is 0 Å². The van der Waals surface area contributed by atoms with E-state index < -0.39 is 0 Å². The highest BCUT2D eigenvalue weighted by molar-refractivity contribution is 5.83. The van der Waals surface area contributed by atoms with E-state index in [-0.39, 0.29) is 0 Å². The molecule has 2 heteroatoms. The number of rotatable bonds is 2. The number of aromatic nitrogens is 1. The van der Waals surface area contributed by atoms with Gasteiger partial charge < -0.3 is 10.7 Å². The van der Waals surface area contributed by atoms with Crippen LogP contribution in [0.15, 0.2) is 30.5 Å². The molecule has 1 aliphatic rings. The highest BCUT2D eigenvalue weighted by Crippen LogP contribution is 2.31. The summed E-state index contributed by atoms with van der Waals surface area (Å²) in [5, 5.41) is 1.37. The minimum atomic E-state index is 0.459. The SMILES string of the molecule is NC1CC(Cc2c[nH]c3ccccc23)C1. The topological polar surface area (TPSA) is 41.8 Å². The van der Waals surface area contributed by atoms with E-state index in [1.165, 1.54) is 35.7 Å². The summed E-state index contributed by atoms with van der Waals surface area (Å²) in [6.07, 6.45) is 5.71. The summed E-state index contributed by atoms with van der Waals surface area (Å²) >= 11 is 0. The van der Waals surface area contributed by atoms with Crippen molar-refractivity contribution in [3.8, 4) is 0 Å². The first-order chi connectivity index (χ1) is 7.33. The smallest absolute Gasteiger partial charge is 0.0456 e. The number of hydrogen-bond acceptors (Lipinski definition) is 1. The number of nitrogens with one attached hydrogen (secondary N) is 1. The Morgan fingerprint density at radius 2 is 2.07 bits per heavy atom. The highest BCUT2D eigenvalue weighted by Gasteiger charge is 2.26. The Bertz CT molecular complexity index is 466. The van der Waals surface area contributed by atoms with Gasteiger partial charge >= 0.3 is 0 Å². The Hall–Kier alpha value is -1.28. The van der Waals surface area contributed by atoms with Gasteiger partial charge in [0.1, 0.15) is 0 Å². The fourth-order valence-corrected chi connectivity index (χ4v) is 2.57. The van der Waals surface area contributed by atoms with Crippen molar-refractivity contribution in [2.75, 3.05) is 0 Å². The van der Waals surface area contributed by atoms with Crippen molar-refractivity contribution in [1.29, 1.82) is 0 Å². The van der Waals surface area contributed by atoms with E-state index in [2.05, 4.69) is 35.4 Å². The van der Waals surface area contributed by atoms with Gasteiger partial charge in [-0.3, -0.25) is 0 Å². The van der Waals surface area contributed by atoms with Gasteiger partial charge in [0.25, 0.3) is 0 Å². The van der Waals surface area contributed by atoms with Gasteiger partial charge in [-0.2, -0.15) is 0 Å². The summed E-state index contributed by atoms with van der Waals surface area (Å²) in [5.41, 5.74) is 8.50. The van der Waals surface area contributed by atoms with E-state index in [0.29, 0.717) is 6.04 Å². The molecular weight excluding hydrogens is 184 g/mol. The van der Waals surface area contributed by atoms with Crippen LogP contribution in [0.1, 0.15) is 18.4 Å². The van der Waals surface area contributed by atoms with Crippen molar-refractivity contribution in [1.82, 2.24) is 4.98 Å². The normalized spacial score (nSPS) is 25.4. The fraction of sp³-hybridized carbons (Fsp3) is 0.385. The lowest BCUT2D eigenvalue weighted by molar-refractivity contribution is 0.265. The molecule has 1 saturated carbocycles. The van der Waals surface area contributed by atoms with Gasteiger partial charge in [0.05, 0.1) is 0 Å². The Balaban J connectivity index is 1.85. The van der Waals surface area contributed by atoms with Crippen LogP contribution in [-0.4, -0.2) is 11.0 Å². The molecule has 0 aliphatic heterocycles. The molecule has 0 saturated heterocycles. The lowest BCUT2D eigenvalue weighted by Crippen LogP contribution is -2.37. The number of nitrogens with two attached hydrogens (primary N) is 1. The summed E-state index contributed by atoms with van der Waals surface area (Å²) in [7, 11) is 0. The predicted octanol–water partition coefficient (Wildman–Crippen LogP) is 2.45. The van der Waals surface area contributed by atoms with Crippen LogP contribution in [0.4, 0.5) is 0 Å². The lowest BCUT2D eigenvalue weighted by Gasteiger charge is -2.32. The van der Waals surface area contributed by atoms with Gasteiger partial charge in [0.15, 0.2) is 0 Å². The fourth-order valence-electron chi connectivity index (χ4n) is 2.57. The van der Waals surface area contributed by atoms with E-state index in [1.54, 1.807) is 0 Å². The molecule has 1 aromatic carbocycles. The number of aromatic amines is 1. The Morgan fingerprint density at radius 1 is 1.27 bits per heavy atom. The number of benzene rings is 1. The van der Waals surface area contributed by atoms with Crippen LogP contribution in [0.25, 0.3) is 10.9 Å². The first kappa shape index (κ1) is 8.98. The molecule has 0 spiro atoms. The molecular formula is C13H16N2. The molecule has 1 aromatic heterocycles. The average molecular weight is 200 g/mol. The number of hydrogen-bond donors (Lipinski definition) is 2. The molecule has 0 radical (unpaired) electrons. The zero-order valence-corrected chi connectivity index (χ0v) is 8.74. The summed E-state index contributed by atoms with van der Waals surface area (Å²) in [6, 6.07) is 8.96. The van der Waals surface area contributed by atoms with E-state index in [4.69, 9.17) is 5.73 Å². The van der Waals surface area contributed by atoms with E-state index in [0.717, 1.165) is 5.92 Å². The van der Waals surface area contributed by atoms with Gasteiger partial charge in [0.2, 0.25) is 0 Å². The summed E-state index contributed by atoms with van der Waals surface area (Å²) < 4.78 is 0. The standard InChI is InChI=1S/C13H16N2/c14-11-6-9(7-11)5-10-8-15-13-4-2-1-3-12(10)13/h1-4,8-9,11,15H,5-7,14H2. The minimum Gasteiger partial charge on any atom is -0.361 e. The maximum absolute atomic E-state index is 5.80. The highest BCUT2D eigenvalue weighted by atomic mass is 14.7. The van der Waals surface area contributed by atoms with Crippen LogP contribution in [-0.2, 0) is 6.42 Å². The summed E-state index contributed by atoms with van der Waals surface area (Å²) in [5.74, 6) is 0.805. The van der Waals surface area contributed by atoms with Crippen molar-refractivity contribution in [2.24, 2.45) is 11.7 Å². The molecule has 3 N–H and O–H groups in total. The molecule has 0 unspecified atom stereocenters. The summed E-state index contributed by atoms with van der Waals surface area (Å²) in [6.45, 7) is 0. The van der Waals surface area contributed by atoms with Gasteiger partial charge in [-0.1, -0.05) is 18.2 Å². The van der Waals surface area contributed by atoms with Crippen LogP contribution in [0, 0.1) is 5.92 Å². The maximum atomic E-state index is 5.80. The zero-order chi connectivity index (χ0) is 10.3. The van der Waals surface area contributed by atoms with Gasteiger partial charge in [-0.15, -0.1) is 0 Å². The van der Waals surface area contributed by atoms with Crippen LogP contribution in [0.3, 0.4) is 0 Å². The molecule has 0 atom stereocenters. The second-order valence-electron chi connectivity index (χ2n) is 4.66. The van der Waals surface area contributed by atoms with E-state index >= 15 is 0 Å². The molecule has 1 fully saturated rings. The van der Waals surface area contributed by atoms with Crippen molar-refractivity contribution >= 4 is 10.9 Å². The largest absolute Gasteiger partial charge is 0.361 e. The Labute approximate surface area is 89.5 Å². The van der Waals surface area contributed by atoms with Gasteiger partial charge in [0, 0.05) is 23.1 Å². The minimum absolute atomic E-state index is 0.459. The number of fused-ring (bicyclic) bond motifs is 1. The molecule has 3 rings (SSSR count). The van der Waals surface area contributed by atoms with Crippen LogP contribution in [0.5, 0.6) is 0 Å². The maximum Gasteiger partial charge on any atom is 0.0456 e. The van der Waals surface area contributed by atoms with Gasteiger partial charge in [-0.05, 0) is 36.8 Å². The molecule has 15 heavy (non-hydrogen) atoms. The Kier molecular flexibility index (Phi) is 2.03. The first-order valence-electron chi connectivity index (χ1n) is 5.63. The summed E-state index contributed by atoms with van der Waals surface area (Å²) in [4.78, 5) is 3.32. The third-order valence-corrected chi connectivity index (χ3v) is 3.46. The quantitative estimate of drug-likeness (QED) is 0.768. The molecule has 1 heterocycles. The number of para-hydroxylation sites is 1.